The van der Waals surface area contributed by atoms with Gasteiger partial charge in [-0.05, 0) is 38.3 Å². The lowest BCUT2D eigenvalue weighted by molar-refractivity contribution is 0.296. The maximum Gasteiger partial charge on any atom is 0.0624 e. The number of aryl methyl sites for hydroxylation is 2. The second-order valence-corrected chi connectivity index (χ2v) is 5.65. The molecule has 0 saturated carbocycles. The number of hydrogen-bond acceptors (Lipinski definition) is 2. The van der Waals surface area contributed by atoms with E-state index in [0.29, 0.717) is 5.54 Å². The van der Waals surface area contributed by atoms with Gasteiger partial charge in [-0.3, -0.25) is 4.68 Å². The van der Waals surface area contributed by atoms with E-state index in [1.807, 2.05) is 0 Å². The topological polar surface area (TPSA) is 29.9 Å². The molecule has 3 nitrogen and oxygen atoms in total. The summed E-state index contributed by atoms with van der Waals surface area (Å²) in [6.45, 7) is 5.66. The Morgan fingerprint density at radius 2 is 2.17 bits per heavy atom. The molecule has 2 rings (SSSR count). The quantitative estimate of drug-likeness (QED) is 0.889. The van der Waals surface area contributed by atoms with E-state index in [2.05, 4.69) is 42.1 Å². The predicted molar refractivity (Wildman–Crippen MR) is 75.8 cm³/mol. The highest BCUT2D eigenvalue weighted by Crippen LogP contribution is 2.26. The monoisotopic (exact) mass is 249 g/mol. The van der Waals surface area contributed by atoms with E-state index in [1.165, 1.54) is 50.0 Å². The molecule has 1 aromatic rings. The van der Waals surface area contributed by atoms with Crippen molar-refractivity contribution in [2.24, 2.45) is 7.05 Å². The Kier molecular flexibility index (Phi) is 4.44. The van der Waals surface area contributed by atoms with Gasteiger partial charge in [0.25, 0.3) is 0 Å². The van der Waals surface area contributed by atoms with Crippen molar-refractivity contribution >= 4 is 0 Å². The number of aromatic nitrogens is 2. The van der Waals surface area contributed by atoms with Crippen LogP contribution >= 0.6 is 0 Å². The van der Waals surface area contributed by atoms with Gasteiger partial charge in [-0.1, -0.05) is 26.7 Å². The Hall–Kier alpha value is -0.830. The summed E-state index contributed by atoms with van der Waals surface area (Å²) in [5.41, 5.74) is 2.89. The largest absolute Gasteiger partial charge is 0.311 e. The first-order valence-corrected chi connectivity index (χ1v) is 7.46. The zero-order chi connectivity index (χ0) is 13.0. The molecule has 2 heterocycles. The van der Waals surface area contributed by atoms with Crippen LogP contribution in [0.5, 0.6) is 0 Å². The van der Waals surface area contributed by atoms with E-state index in [0.717, 1.165) is 12.8 Å². The second kappa shape index (κ2) is 5.87. The lowest BCUT2D eigenvalue weighted by Gasteiger charge is -2.33. The van der Waals surface area contributed by atoms with Gasteiger partial charge in [0.15, 0.2) is 0 Å². The minimum Gasteiger partial charge on any atom is -0.311 e. The Labute approximate surface area is 111 Å². The molecular weight excluding hydrogens is 222 g/mol. The smallest absolute Gasteiger partial charge is 0.0624 e. The molecule has 0 bridgehead atoms. The van der Waals surface area contributed by atoms with E-state index >= 15 is 0 Å². The highest BCUT2D eigenvalue weighted by molar-refractivity contribution is 5.14. The molecule has 102 valence electrons. The number of nitrogens with zero attached hydrogens (tertiary/aromatic N) is 2. The summed E-state index contributed by atoms with van der Waals surface area (Å²) in [4.78, 5) is 0. The molecule has 1 aromatic heterocycles. The van der Waals surface area contributed by atoms with Crippen LogP contribution in [0.3, 0.4) is 0 Å². The van der Waals surface area contributed by atoms with Crippen LogP contribution in [0.2, 0.25) is 0 Å². The second-order valence-electron chi connectivity index (χ2n) is 5.65. The summed E-state index contributed by atoms with van der Waals surface area (Å²) < 4.78 is 2.07. The summed E-state index contributed by atoms with van der Waals surface area (Å²) in [5.74, 6) is 0. The average Bonchev–Trinajstić information content (AvgIpc) is 2.60. The van der Waals surface area contributed by atoms with Gasteiger partial charge in [0.1, 0.15) is 0 Å². The number of hydrogen-bond donors (Lipinski definition) is 1. The SMILES string of the molecule is CCc1cc(CC2(CC)CCCCCN2)n(C)n1. The van der Waals surface area contributed by atoms with Crippen molar-refractivity contribution in [3.8, 4) is 0 Å². The molecule has 1 unspecified atom stereocenters. The highest BCUT2D eigenvalue weighted by atomic mass is 15.3. The van der Waals surface area contributed by atoms with E-state index in [1.54, 1.807) is 0 Å². The third-order valence-corrected chi connectivity index (χ3v) is 4.42. The maximum absolute atomic E-state index is 4.57. The third kappa shape index (κ3) is 2.94. The van der Waals surface area contributed by atoms with Crippen LogP contribution in [0.25, 0.3) is 0 Å². The van der Waals surface area contributed by atoms with Crippen LogP contribution < -0.4 is 5.32 Å². The molecule has 1 aliphatic heterocycles. The fraction of sp³-hybridized carbons (Fsp3) is 0.800. The highest BCUT2D eigenvalue weighted by Gasteiger charge is 2.29. The van der Waals surface area contributed by atoms with Gasteiger partial charge >= 0.3 is 0 Å². The van der Waals surface area contributed by atoms with Crippen molar-refractivity contribution in [1.29, 1.82) is 0 Å². The van der Waals surface area contributed by atoms with E-state index in [9.17, 15) is 0 Å². The van der Waals surface area contributed by atoms with Crippen LogP contribution in [0.4, 0.5) is 0 Å². The normalized spacial score (nSPS) is 25.1. The molecule has 1 aliphatic rings. The summed E-state index contributed by atoms with van der Waals surface area (Å²) in [6.07, 6.45) is 8.72. The van der Waals surface area contributed by atoms with E-state index in [4.69, 9.17) is 0 Å². The van der Waals surface area contributed by atoms with E-state index in [-0.39, 0.29) is 0 Å². The Bertz CT molecular complexity index is 373. The summed E-state index contributed by atoms with van der Waals surface area (Å²) in [6, 6.07) is 2.28. The van der Waals surface area contributed by atoms with Crippen LogP contribution in [0.1, 0.15) is 57.3 Å². The molecule has 0 amide bonds. The first-order chi connectivity index (χ1) is 8.69. The molecule has 0 radical (unpaired) electrons. The molecule has 1 saturated heterocycles. The van der Waals surface area contributed by atoms with Crippen LogP contribution in [0.15, 0.2) is 6.07 Å². The summed E-state index contributed by atoms with van der Waals surface area (Å²) >= 11 is 0. The Morgan fingerprint density at radius 1 is 1.33 bits per heavy atom. The van der Waals surface area contributed by atoms with Gasteiger partial charge in [0, 0.05) is 24.7 Å². The standard InChI is InChI=1S/C15H27N3/c1-4-13-11-14(18(3)17-13)12-15(5-2)9-7-6-8-10-16-15/h11,16H,4-10,12H2,1-3H3. The number of nitrogens with one attached hydrogen (secondary N) is 1. The van der Waals surface area contributed by atoms with Gasteiger partial charge in [-0.2, -0.15) is 5.10 Å². The minimum atomic E-state index is 0.301. The molecule has 1 atom stereocenters. The third-order valence-electron chi connectivity index (χ3n) is 4.42. The fourth-order valence-electron chi connectivity index (χ4n) is 3.04. The molecule has 0 spiro atoms. The van der Waals surface area contributed by atoms with Crippen molar-refractivity contribution in [3.05, 3.63) is 17.5 Å². The molecule has 0 aliphatic carbocycles. The fourth-order valence-corrected chi connectivity index (χ4v) is 3.04. The van der Waals surface area contributed by atoms with Crippen molar-refractivity contribution < 1.29 is 0 Å². The molecular formula is C15H27N3. The zero-order valence-electron chi connectivity index (χ0n) is 12.1. The molecule has 18 heavy (non-hydrogen) atoms. The first-order valence-electron chi connectivity index (χ1n) is 7.46. The van der Waals surface area contributed by atoms with Crippen molar-refractivity contribution in [1.82, 2.24) is 15.1 Å². The van der Waals surface area contributed by atoms with E-state index < -0.39 is 0 Å². The van der Waals surface area contributed by atoms with Gasteiger partial charge in [-0.25, -0.2) is 0 Å². The lowest BCUT2D eigenvalue weighted by atomic mass is 9.86. The van der Waals surface area contributed by atoms with Gasteiger partial charge in [-0.15, -0.1) is 0 Å². The average molecular weight is 249 g/mol. The molecule has 1 N–H and O–H groups in total. The van der Waals surface area contributed by atoms with Crippen LogP contribution in [-0.4, -0.2) is 21.9 Å². The molecule has 0 aromatic carbocycles. The lowest BCUT2D eigenvalue weighted by Crippen LogP contribution is -2.46. The molecule has 3 heteroatoms. The first kappa shape index (κ1) is 13.6. The predicted octanol–water partition coefficient (Wildman–Crippen LogP) is 2.84. The zero-order valence-corrected chi connectivity index (χ0v) is 12.1. The minimum absolute atomic E-state index is 0.301. The van der Waals surface area contributed by atoms with Crippen molar-refractivity contribution in [3.63, 3.8) is 0 Å². The summed E-state index contributed by atoms with van der Waals surface area (Å²) in [5, 5.41) is 8.38. The van der Waals surface area contributed by atoms with Crippen molar-refractivity contribution in [2.75, 3.05) is 6.54 Å². The van der Waals surface area contributed by atoms with Gasteiger partial charge in [0.05, 0.1) is 5.69 Å². The van der Waals surface area contributed by atoms with Crippen LogP contribution in [0, 0.1) is 0 Å². The molecule has 1 fully saturated rings. The van der Waals surface area contributed by atoms with Crippen LogP contribution in [-0.2, 0) is 19.9 Å². The van der Waals surface area contributed by atoms with Crippen molar-refractivity contribution in [2.45, 2.75) is 64.3 Å². The Morgan fingerprint density at radius 3 is 2.83 bits per heavy atom. The van der Waals surface area contributed by atoms with Gasteiger partial charge < -0.3 is 5.32 Å². The summed E-state index contributed by atoms with van der Waals surface area (Å²) in [7, 11) is 2.08. The van der Waals surface area contributed by atoms with Gasteiger partial charge in [0.2, 0.25) is 0 Å². The Balaban J connectivity index is 2.15. The maximum atomic E-state index is 4.57. The number of rotatable bonds is 4.